The van der Waals surface area contributed by atoms with Crippen LogP contribution in [0.1, 0.15) is 0 Å². The average Bonchev–Trinajstić information content (AvgIpc) is 1.52. The lowest BCUT2D eigenvalue weighted by molar-refractivity contribution is 1.06. The molecule has 0 spiro atoms. The third kappa shape index (κ3) is 9.17. The van der Waals surface area contributed by atoms with E-state index in [2.05, 4.69) is 397 Å². The van der Waals surface area contributed by atoms with E-state index in [-0.39, 0.29) is 0 Å². The molecule has 0 bridgehead atoms. The summed E-state index contributed by atoms with van der Waals surface area (Å²) in [4.78, 5) is 53.4. The molecule has 33 aromatic rings. The van der Waals surface area contributed by atoms with E-state index >= 15 is 0 Å². The second kappa shape index (κ2) is 24.8. The van der Waals surface area contributed by atoms with Gasteiger partial charge in [0.1, 0.15) is 29.2 Å². The lowest BCUT2D eigenvalue weighted by Gasteiger charge is -2.10. The minimum Gasteiger partial charge on any atom is -0.309 e. The molecule has 0 saturated heterocycles. The maximum absolute atomic E-state index is 5.29. The minimum atomic E-state index is 0.627. The third-order valence-corrected chi connectivity index (χ3v) is 27.2. The van der Waals surface area contributed by atoms with Crippen LogP contribution in [-0.4, -0.2) is 99.0 Å². The topological polar surface area (TPSA) is 186 Å². The summed E-state index contributed by atoms with van der Waals surface area (Å²) in [6.07, 6.45) is 6.65. The van der Waals surface area contributed by atoms with E-state index in [1.807, 2.05) is 6.07 Å². The normalized spacial score (nSPS) is 12.6. The van der Waals surface area contributed by atoms with E-state index < -0.39 is 0 Å². The van der Waals surface area contributed by atoms with Crippen molar-refractivity contribution in [1.82, 2.24) is 99.0 Å². The number of hydrogen-bond donors (Lipinski definition) is 0. The van der Waals surface area contributed by atoms with E-state index in [9.17, 15) is 0 Å². The molecule has 0 aliphatic carbocycles. The molecule has 18 aromatic carbocycles. The SMILES string of the molecule is c1ccc2cc3c(cc2c1)nc1n3c2cc(-c3ccc(-n4c5ccccc5c5ccccc54)cc3)cc3c2n1c1nc2cc4ccccc4cc2n31.c1ccc2cc3c(cc2c1)nc1n3c2cc(-c3ncncn3)cc3c2n1c1nc2cc4ccccc4cc2n31.c1cnc(-c2cc3c4c(c2)n2c5cc6ccccc6cc5nc2n4c2nc4cc5ccccc5cc4n32)nc1. The molecule has 600 valence electrons. The molecule has 0 unspecified atom stereocenters. The lowest BCUT2D eigenvalue weighted by atomic mass is 10.0. The highest BCUT2D eigenvalue weighted by molar-refractivity contribution is 6.15. The first-order valence-corrected chi connectivity index (χ1v) is 43.3. The molecule has 21 nitrogen and oxygen atoms in total. The Morgan fingerprint density at radius 1 is 0.177 bits per heavy atom. The van der Waals surface area contributed by atoms with Crippen molar-refractivity contribution in [1.29, 1.82) is 0 Å². The highest BCUT2D eigenvalue weighted by atomic mass is 15.3. The van der Waals surface area contributed by atoms with Gasteiger partial charge in [-0.1, -0.05) is 194 Å². The Hall–Kier alpha value is -18.4. The second-order valence-electron chi connectivity index (χ2n) is 34.2. The number of fused-ring (bicyclic) bond motifs is 39. The number of nitrogens with zero attached hydrogens (tertiary/aromatic N) is 21. The Morgan fingerprint density at radius 3 is 0.708 bits per heavy atom. The molecule has 0 atom stereocenters. The van der Waals surface area contributed by atoms with Crippen LogP contribution in [0.4, 0.5) is 0 Å². The van der Waals surface area contributed by atoms with Crippen molar-refractivity contribution in [3.8, 4) is 39.6 Å². The Labute approximate surface area is 729 Å². The van der Waals surface area contributed by atoms with Gasteiger partial charge in [0.15, 0.2) is 11.6 Å². The van der Waals surface area contributed by atoms with Crippen molar-refractivity contribution in [3.05, 3.63) is 359 Å². The zero-order valence-electron chi connectivity index (χ0n) is 68.5. The fourth-order valence-electron chi connectivity index (χ4n) is 21.5. The summed E-state index contributed by atoms with van der Waals surface area (Å²) < 4.78 is 22.7. The molecule has 15 aromatic heterocycles. The summed E-state index contributed by atoms with van der Waals surface area (Å²) >= 11 is 0. The molecular weight excluding hydrogens is 1600 g/mol. The van der Waals surface area contributed by atoms with Gasteiger partial charge in [-0.05, 0) is 215 Å². The van der Waals surface area contributed by atoms with Crippen LogP contribution in [0.15, 0.2) is 359 Å². The summed E-state index contributed by atoms with van der Waals surface area (Å²) in [7, 11) is 0. The van der Waals surface area contributed by atoms with Crippen LogP contribution in [0.2, 0.25) is 0 Å². The smallest absolute Gasteiger partial charge is 0.223 e. The van der Waals surface area contributed by atoms with Crippen LogP contribution in [0, 0.1) is 0 Å². The molecule has 0 N–H and O–H groups in total. The number of rotatable bonds is 4. The predicted molar refractivity (Wildman–Crippen MR) is 520 cm³/mol. The van der Waals surface area contributed by atoms with Crippen LogP contribution < -0.4 is 0 Å². The highest BCUT2D eigenvalue weighted by Gasteiger charge is 2.31. The number of para-hydroxylation sites is 2. The first-order valence-electron chi connectivity index (χ1n) is 43.3. The van der Waals surface area contributed by atoms with Gasteiger partial charge in [0.2, 0.25) is 34.7 Å². The van der Waals surface area contributed by atoms with E-state index in [0.29, 0.717) is 11.6 Å². The monoisotopic (exact) mass is 1660 g/mol. The molecule has 0 aliphatic heterocycles. The maximum atomic E-state index is 5.29. The molecule has 130 heavy (non-hydrogen) atoms. The fraction of sp³-hybridized carbons (Fsp3) is 0. The van der Waals surface area contributed by atoms with Crippen LogP contribution in [0.25, 0.3) is 277 Å². The number of hydrogen-bond acceptors (Lipinski definition) is 11. The molecule has 0 amide bonds. The Kier molecular flexibility index (Phi) is 13.0. The molecule has 33 rings (SSSR count). The molecule has 0 saturated carbocycles. The lowest BCUT2D eigenvalue weighted by Crippen LogP contribution is -1.93. The third-order valence-electron chi connectivity index (χ3n) is 27.2. The van der Waals surface area contributed by atoms with E-state index in [1.165, 1.54) is 99.1 Å². The number of imidazole rings is 12. The Bertz CT molecular complexity index is 9860. The first kappa shape index (κ1) is 68.1. The zero-order valence-corrected chi connectivity index (χ0v) is 68.5. The molecule has 15 heterocycles. The van der Waals surface area contributed by atoms with Gasteiger partial charge in [-0.3, -0.25) is 26.4 Å². The fourth-order valence-corrected chi connectivity index (χ4v) is 21.5. The van der Waals surface area contributed by atoms with Crippen molar-refractivity contribution < 1.29 is 0 Å². The summed E-state index contributed by atoms with van der Waals surface area (Å²) in [6, 6.07) is 119. The maximum Gasteiger partial charge on any atom is 0.223 e. The van der Waals surface area contributed by atoms with Gasteiger partial charge in [0.25, 0.3) is 0 Å². The molecule has 0 aliphatic rings. The number of benzene rings is 18. The van der Waals surface area contributed by atoms with Gasteiger partial charge in [-0.2, -0.15) is 0 Å². The van der Waals surface area contributed by atoms with Crippen LogP contribution in [-0.2, 0) is 0 Å². The van der Waals surface area contributed by atoms with E-state index in [1.54, 1.807) is 12.4 Å². The summed E-state index contributed by atoms with van der Waals surface area (Å²) in [6.45, 7) is 0. The van der Waals surface area contributed by atoms with E-state index in [4.69, 9.17) is 29.9 Å². The van der Waals surface area contributed by atoms with Crippen LogP contribution in [0.5, 0.6) is 0 Å². The first-order chi connectivity index (χ1) is 64.4. The van der Waals surface area contributed by atoms with Gasteiger partial charge in [0, 0.05) is 40.0 Å². The van der Waals surface area contributed by atoms with Crippen molar-refractivity contribution in [2.24, 2.45) is 0 Å². The zero-order chi connectivity index (χ0) is 84.1. The quantitative estimate of drug-likeness (QED) is 0.163. The van der Waals surface area contributed by atoms with Crippen LogP contribution >= 0.6 is 0 Å². The minimum absolute atomic E-state index is 0.627. The highest BCUT2D eigenvalue weighted by Crippen LogP contribution is 2.45. The standard InChI is InChI=1S/C46H26N6.C32H17N7.C31H16N8/c1-3-11-30-23-40-36(21-28(30)9-1)47-45-50(40)42-25-32(26-43-44(42)52(45)46-48-37-22-29-10-2-4-12-31(29)24-41(37)51(43)46)27-17-19-33(20-18-27)49-38-15-7-5-13-34(38)35-14-6-8-16-39(35)49;1-3-8-20-14-25-23(12-18(20)6-1)35-31-37(25)27-16-22(30-33-10-5-11-34-30)17-28-29(27)39(31)32-36-24-13-19-7-2-4-9-21(19)15-26(24)38(28)32;1-3-7-19-11-24-22(9-17(19)5-1)35-30-37(24)26-13-21(29-33-15-32-16-34-29)14-27-28(26)39(30)31-36-23-10-18-6-2-4-8-20(18)12-25(23)38(27)31/h1-26H;1-17H;1-16H. The van der Waals surface area contributed by atoms with Crippen molar-refractivity contribution in [2.75, 3.05) is 0 Å². The van der Waals surface area contributed by atoms with Gasteiger partial charge < -0.3 is 4.57 Å². The Morgan fingerprint density at radius 2 is 0.423 bits per heavy atom. The van der Waals surface area contributed by atoms with Gasteiger partial charge in [0.05, 0.1) is 110 Å². The van der Waals surface area contributed by atoms with E-state index in [0.717, 1.165) is 178 Å². The van der Waals surface area contributed by atoms with Crippen molar-refractivity contribution in [3.63, 3.8) is 0 Å². The molecule has 0 fully saturated rings. The molecule has 0 radical (unpaired) electrons. The second-order valence-corrected chi connectivity index (χ2v) is 34.2. The number of aromatic nitrogens is 21. The van der Waals surface area contributed by atoms with Crippen LogP contribution in [0.3, 0.4) is 0 Å². The summed E-state index contributed by atoms with van der Waals surface area (Å²) in [5, 5.41) is 16.7. The average molecular weight is 1660 g/mol. The Balaban J connectivity index is 0.0000000938. The van der Waals surface area contributed by atoms with Gasteiger partial charge in [-0.15, -0.1) is 0 Å². The summed E-state index contributed by atoms with van der Waals surface area (Å²) in [5.74, 6) is 6.43. The predicted octanol–water partition coefficient (Wildman–Crippen LogP) is 24.4. The van der Waals surface area contributed by atoms with Crippen molar-refractivity contribution in [2.45, 2.75) is 0 Å². The van der Waals surface area contributed by atoms with Gasteiger partial charge in [-0.25, -0.2) is 68.0 Å². The molecular formula is C109H59N21. The van der Waals surface area contributed by atoms with Crippen molar-refractivity contribution >= 4 is 237 Å². The largest absolute Gasteiger partial charge is 0.309 e. The van der Waals surface area contributed by atoms with Gasteiger partial charge >= 0.3 is 0 Å². The summed E-state index contributed by atoms with van der Waals surface area (Å²) in [5.41, 5.74) is 29.6. The molecule has 21 heteroatoms.